The second-order valence-electron chi connectivity index (χ2n) is 7.27. The first-order valence-electron chi connectivity index (χ1n) is 9.66. The molecule has 1 heterocycles. The number of benzodiazepines with no additional fused rings is 1. The molecule has 1 atom stereocenters. The molecule has 4 rings (SSSR count). The molecule has 144 valence electrons. The number of anilines is 1. The van der Waals surface area contributed by atoms with Gasteiger partial charge < -0.3 is 10.6 Å². The van der Waals surface area contributed by atoms with Crippen LogP contribution in [0.25, 0.3) is 0 Å². The number of nitrogens with zero attached hydrogens (tertiary/aromatic N) is 1. The summed E-state index contributed by atoms with van der Waals surface area (Å²) in [6.45, 7) is 0. The topological polar surface area (TPSA) is 70.6 Å². The van der Waals surface area contributed by atoms with Gasteiger partial charge in [0.1, 0.15) is 0 Å². The molecule has 2 N–H and O–H groups in total. The van der Waals surface area contributed by atoms with Crippen LogP contribution in [0.3, 0.4) is 0 Å². The summed E-state index contributed by atoms with van der Waals surface area (Å²) in [5.41, 5.74) is 2.90. The second kappa shape index (κ2) is 8.15. The Morgan fingerprint density at radius 2 is 1.86 bits per heavy atom. The minimum Gasteiger partial charge on any atom is -0.326 e. The lowest BCUT2D eigenvalue weighted by Gasteiger charge is -2.22. The van der Waals surface area contributed by atoms with E-state index >= 15 is 0 Å². The maximum atomic E-state index is 12.8. The molecule has 28 heavy (non-hydrogen) atoms. The molecule has 0 saturated heterocycles. The number of aliphatic imine (C=N–C) groups is 1. The van der Waals surface area contributed by atoms with Crippen LogP contribution < -0.4 is 10.6 Å². The van der Waals surface area contributed by atoms with Gasteiger partial charge in [0.25, 0.3) is 5.91 Å². The molecule has 2 aliphatic rings. The normalized spacial score (nSPS) is 19.8. The van der Waals surface area contributed by atoms with Crippen LogP contribution in [0, 0.1) is 5.92 Å². The molecule has 6 heteroatoms. The van der Waals surface area contributed by atoms with Gasteiger partial charge >= 0.3 is 0 Å². The van der Waals surface area contributed by atoms with Gasteiger partial charge in [-0.05, 0) is 31.0 Å². The van der Waals surface area contributed by atoms with E-state index in [9.17, 15) is 9.59 Å². The van der Waals surface area contributed by atoms with Crippen LogP contribution in [-0.4, -0.2) is 23.7 Å². The van der Waals surface area contributed by atoms with Crippen LogP contribution >= 0.6 is 11.6 Å². The molecule has 1 fully saturated rings. The van der Waals surface area contributed by atoms with E-state index in [2.05, 4.69) is 15.6 Å². The lowest BCUT2D eigenvalue weighted by molar-refractivity contribution is -0.129. The van der Waals surface area contributed by atoms with Crippen LogP contribution in [0.2, 0.25) is 5.02 Å². The van der Waals surface area contributed by atoms with Gasteiger partial charge in [-0.1, -0.05) is 61.2 Å². The van der Waals surface area contributed by atoms with Gasteiger partial charge in [-0.25, -0.2) is 4.99 Å². The van der Waals surface area contributed by atoms with Crippen molar-refractivity contribution >= 4 is 34.8 Å². The maximum Gasteiger partial charge on any atom is 0.269 e. The molecule has 2 aromatic carbocycles. The van der Waals surface area contributed by atoms with Crippen molar-refractivity contribution in [3.05, 3.63) is 64.7 Å². The van der Waals surface area contributed by atoms with Gasteiger partial charge in [-0.2, -0.15) is 0 Å². The SMILES string of the molecule is O=C(NC1N=C(c2cccc(Cl)c2)c2ccccc2NC1=O)C1CCCCC1. The molecule has 1 aliphatic heterocycles. The summed E-state index contributed by atoms with van der Waals surface area (Å²) in [7, 11) is 0. The van der Waals surface area contributed by atoms with E-state index in [1.807, 2.05) is 42.5 Å². The molecule has 2 amide bonds. The van der Waals surface area contributed by atoms with E-state index in [4.69, 9.17) is 11.6 Å². The molecule has 5 nitrogen and oxygen atoms in total. The highest BCUT2D eigenvalue weighted by molar-refractivity contribution is 6.31. The molecule has 0 aromatic heterocycles. The Morgan fingerprint density at radius 3 is 2.64 bits per heavy atom. The molecule has 0 radical (unpaired) electrons. The number of benzene rings is 2. The van der Waals surface area contributed by atoms with Crippen molar-refractivity contribution in [3.8, 4) is 0 Å². The Morgan fingerprint density at radius 1 is 1.07 bits per heavy atom. The Bertz CT molecular complexity index is 935. The third-order valence-electron chi connectivity index (χ3n) is 5.30. The summed E-state index contributed by atoms with van der Waals surface area (Å²) in [5.74, 6) is -0.481. The first kappa shape index (κ1) is 18.7. The van der Waals surface area contributed by atoms with Gasteiger partial charge in [0.15, 0.2) is 0 Å². The quantitative estimate of drug-likeness (QED) is 0.819. The lowest BCUT2D eigenvalue weighted by Crippen LogP contribution is -2.45. The smallest absolute Gasteiger partial charge is 0.269 e. The fourth-order valence-corrected chi connectivity index (χ4v) is 4.03. The third-order valence-corrected chi connectivity index (χ3v) is 5.53. The largest absolute Gasteiger partial charge is 0.326 e. The standard InChI is InChI=1S/C22H22ClN3O2/c23-16-10-6-9-15(13-16)19-17-11-4-5-12-18(17)24-22(28)20(25-19)26-21(27)14-7-2-1-3-8-14/h4-6,9-14,20H,1-3,7-8H2,(H,24,28)(H,26,27). The average Bonchev–Trinajstić information content (AvgIpc) is 2.85. The molecule has 0 spiro atoms. The molecule has 2 aromatic rings. The minimum atomic E-state index is -0.976. The first-order valence-corrected chi connectivity index (χ1v) is 10.0. The summed E-state index contributed by atoms with van der Waals surface area (Å²) in [5, 5.41) is 6.34. The average molecular weight is 396 g/mol. The van der Waals surface area contributed by atoms with Crippen LogP contribution in [0.1, 0.15) is 43.2 Å². The molecular weight excluding hydrogens is 374 g/mol. The van der Waals surface area contributed by atoms with Gasteiger partial charge in [0, 0.05) is 22.1 Å². The monoisotopic (exact) mass is 395 g/mol. The maximum absolute atomic E-state index is 12.8. The van der Waals surface area contributed by atoms with Gasteiger partial charge in [0.05, 0.1) is 11.4 Å². The van der Waals surface area contributed by atoms with Crippen LogP contribution in [-0.2, 0) is 9.59 Å². The van der Waals surface area contributed by atoms with Crippen molar-refractivity contribution in [2.75, 3.05) is 5.32 Å². The number of halogens is 1. The zero-order valence-corrected chi connectivity index (χ0v) is 16.2. The zero-order valence-electron chi connectivity index (χ0n) is 15.5. The summed E-state index contributed by atoms with van der Waals surface area (Å²) in [6.07, 6.45) is 4.03. The van der Waals surface area contributed by atoms with Crippen LogP contribution in [0.4, 0.5) is 5.69 Å². The molecule has 1 aliphatic carbocycles. The number of amides is 2. The van der Waals surface area contributed by atoms with E-state index in [1.165, 1.54) is 6.42 Å². The number of fused-ring (bicyclic) bond motifs is 1. The van der Waals surface area contributed by atoms with Gasteiger partial charge in [-0.15, -0.1) is 0 Å². The zero-order chi connectivity index (χ0) is 19.5. The van der Waals surface area contributed by atoms with Gasteiger partial charge in [-0.3, -0.25) is 9.59 Å². The van der Waals surface area contributed by atoms with E-state index in [1.54, 1.807) is 6.07 Å². The molecule has 1 saturated carbocycles. The predicted molar refractivity (Wildman–Crippen MR) is 111 cm³/mol. The number of rotatable bonds is 3. The van der Waals surface area contributed by atoms with Gasteiger partial charge in [0.2, 0.25) is 12.1 Å². The minimum absolute atomic E-state index is 0.0444. The van der Waals surface area contributed by atoms with Crippen LogP contribution in [0.5, 0.6) is 0 Å². The van der Waals surface area contributed by atoms with Crippen molar-refractivity contribution in [2.45, 2.75) is 38.3 Å². The summed E-state index contributed by atoms with van der Waals surface area (Å²) in [6, 6.07) is 14.8. The van der Waals surface area contributed by atoms with Crippen molar-refractivity contribution in [2.24, 2.45) is 10.9 Å². The Balaban J connectivity index is 1.70. The van der Waals surface area contributed by atoms with E-state index in [0.717, 1.165) is 36.8 Å². The Hall–Kier alpha value is -2.66. The molecule has 1 unspecified atom stereocenters. The van der Waals surface area contributed by atoms with E-state index in [0.29, 0.717) is 16.4 Å². The fourth-order valence-electron chi connectivity index (χ4n) is 3.84. The van der Waals surface area contributed by atoms with E-state index < -0.39 is 6.17 Å². The number of carbonyl (C=O) groups is 2. The highest BCUT2D eigenvalue weighted by Gasteiger charge is 2.30. The van der Waals surface area contributed by atoms with E-state index in [-0.39, 0.29) is 17.7 Å². The van der Waals surface area contributed by atoms with Crippen molar-refractivity contribution in [3.63, 3.8) is 0 Å². The number of hydrogen-bond donors (Lipinski definition) is 2. The van der Waals surface area contributed by atoms with Crippen molar-refractivity contribution < 1.29 is 9.59 Å². The fraction of sp³-hybridized carbons (Fsp3) is 0.318. The number of nitrogens with one attached hydrogen (secondary N) is 2. The van der Waals surface area contributed by atoms with Crippen molar-refractivity contribution in [1.29, 1.82) is 0 Å². The van der Waals surface area contributed by atoms with Crippen molar-refractivity contribution in [1.82, 2.24) is 5.32 Å². The molecule has 0 bridgehead atoms. The Kier molecular flexibility index (Phi) is 5.44. The number of hydrogen-bond acceptors (Lipinski definition) is 3. The third kappa shape index (κ3) is 3.94. The first-order chi connectivity index (χ1) is 13.6. The Labute approximate surface area is 169 Å². The number of carbonyl (C=O) groups excluding carboxylic acids is 2. The highest BCUT2D eigenvalue weighted by atomic mass is 35.5. The summed E-state index contributed by atoms with van der Waals surface area (Å²) < 4.78 is 0. The summed E-state index contributed by atoms with van der Waals surface area (Å²) in [4.78, 5) is 30.2. The van der Waals surface area contributed by atoms with Crippen LogP contribution in [0.15, 0.2) is 53.5 Å². The number of para-hydroxylation sites is 1. The lowest BCUT2D eigenvalue weighted by atomic mass is 9.88. The molecular formula is C22H22ClN3O2. The predicted octanol–water partition coefficient (Wildman–Crippen LogP) is 4.15. The highest BCUT2D eigenvalue weighted by Crippen LogP contribution is 2.26. The summed E-state index contributed by atoms with van der Waals surface area (Å²) >= 11 is 6.18. The second-order valence-corrected chi connectivity index (χ2v) is 7.71.